The van der Waals surface area contributed by atoms with E-state index in [0.717, 1.165) is 24.4 Å². The summed E-state index contributed by atoms with van der Waals surface area (Å²) in [6.45, 7) is 0. The molecular weight excluding hydrogens is 257 g/mol. The lowest BCUT2D eigenvalue weighted by Crippen LogP contribution is -2.15. The summed E-state index contributed by atoms with van der Waals surface area (Å²) in [4.78, 5) is 37.5. The third kappa shape index (κ3) is 2.68. The number of nitrogens with one attached hydrogen (secondary N) is 3. The number of hydrogen-bond donors (Lipinski definition) is 4. The topological polar surface area (TPSA) is 115 Å². The van der Waals surface area contributed by atoms with E-state index in [-0.39, 0.29) is 16.9 Å². The maximum Gasteiger partial charge on any atom is 0.335 e. The van der Waals surface area contributed by atoms with E-state index in [1.165, 1.54) is 0 Å². The van der Waals surface area contributed by atoms with Crippen LogP contribution in [0.5, 0.6) is 0 Å². The van der Waals surface area contributed by atoms with Gasteiger partial charge in [0.1, 0.15) is 11.5 Å². The predicted octanol–water partition coefficient (Wildman–Crippen LogP) is 0.793. The fourth-order valence-corrected chi connectivity index (χ4v) is 1.39. The molecule has 0 aliphatic carbocycles. The first kappa shape index (κ1) is 12.6. The first-order valence-corrected chi connectivity index (χ1v) is 5.09. The van der Waals surface area contributed by atoms with Crippen molar-refractivity contribution in [3.05, 3.63) is 52.0 Å². The molecule has 2 rings (SSSR count). The Hall–Kier alpha value is -2.90. The Balaban J connectivity index is 2.22. The van der Waals surface area contributed by atoms with Crippen LogP contribution in [0.2, 0.25) is 0 Å². The Labute approximate surface area is 105 Å². The first-order valence-electron chi connectivity index (χ1n) is 5.09. The first-order chi connectivity index (χ1) is 8.97. The van der Waals surface area contributed by atoms with Crippen molar-refractivity contribution < 1.29 is 19.1 Å². The smallest absolute Gasteiger partial charge is 0.335 e. The number of aromatic carboxylic acids is 1. The van der Waals surface area contributed by atoms with Gasteiger partial charge < -0.3 is 20.4 Å². The molecule has 1 heterocycles. The number of carbonyl (C=O) groups is 2. The van der Waals surface area contributed by atoms with Gasteiger partial charge in [-0.1, -0.05) is 0 Å². The average Bonchev–Trinajstić information content (AvgIpc) is 2.78. The van der Waals surface area contributed by atoms with E-state index >= 15 is 0 Å². The number of carboxylic acids is 1. The zero-order chi connectivity index (χ0) is 14.0. The number of aromatic amines is 2. The van der Waals surface area contributed by atoms with Crippen molar-refractivity contribution in [3.63, 3.8) is 0 Å². The summed E-state index contributed by atoms with van der Waals surface area (Å²) in [6, 6.07) is 3.07. The van der Waals surface area contributed by atoms with E-state index in [1.807, 2.05) is 0 Å². The Morgan fingerprint density at radius 3 is 2.58 bits per heavy atom. The molecule has 7 nitrogen and oxygen atoms in total. The Bertz CT molecular complexity index is 704. The van der Waals surface area contributed by atoms with Crippen molar-refractivity contribution in [3.8, 4) is 0 Å². The molecule has 0 unspecified atom stereocenters. The van der Waals surface area contributed by atoms with Crippen molar-refractivity contribution in [1.82, 2.24) is 9.97 Å². The van der Waals surface area contributed by atoms with Crippen LogP contribution in [0.1, 0.15) is 20.8 Å². The largest absolute Gasteiger partial charge is 0.478 e. The number of H-pyrrole nitrogens is 2. The van der Waals surface area contributed by atoms with Gasteiger partial charge in [-0.15, -0.1) is 0 Å². The van der Waals surface area contributed by atoms with E-state index in [4.69, 9.17) is 5.11 Å². The number of carboxylic acid groups (broad SMARTS) is 1. The van der Waals surface area contributed by atoms with Crippen LogP contribution in [0.15, 0.2) is 29.2 Å². The lowest BCUT2D eigenvalue weighted by Gasteiger charge is -2.05. The summed E-state index contributed by atoms with van der Waals surface area (Å²) in [7, 11) is 0. The van der Waals surface area contributed by atoms with Crippen molar-refractivity contribution in [1.29, 1.82) is 0 Å². The van der Waals surface area contributed by atoms with Crippen molar-refractivity contribution >= 4 is 17.6 Å². The van der Waals surface area contributed by atoms with Gasteiger partial charge in [0, 0.05) is 6.20 Å². The summed E-state index contributed by atoms with van der Waals surface area (Å²) in [5, 5.41) is 10.9. The maximum absolute atomic E-state index is 13.5. The molecule has 4 N–H and O–H groups in total. The number of carbonyl (C=O) groups excluding carboxylic acids is 1. The van der Waals surface area contributed by atoms with Gasteiger partial charge in [-0.25, -0.2) is 14.0 Å². The van der Waals surface area contributed by atoms with Crippen LogP contribution in [0.25, 0.3) is 0 Å². The van der Waals surface area contributed by atoms with E-state index in [1.54, 1.807) is 0 Å². The fraction of sp³-hybridized carbons (Fsp3) is 0. The van der Waals surface area contributed by atoms with Gasteiger partial charge in [-0.05, 0) is 18.2 Å². The average molecular weight is 265 g/mol. The van der Waals surface area contributed by atoms with Crippen molar-refractivity contribution in [2.75, 3.05) is 5.32 Å². The third-order valence-electron chi connectivity index (χ3n) is 2.30. The molecule has 2 aromatic rings. The molecule has 19 heavy (non-hydrogen) atoms. The highest BCUT2D eigenvalue weighted by molar-refractivity contribution is 6.03. The number of benzene rings is 1. The van der Waals surface area contributed by atoms with Crippen LogP contribution in [0.4, 0.5) is 10.1 Å². The Morgan fingerprint density at radius 2 is 2.05 bits per heavy atom. The van der Waals surface area contributed by atoms with Crippen molar-refractivity contribution in [2.24, 2.45) is 0 Å². The number of anilines is 1. The summed E-state index contributed by atoms with van der Waals surface area (Å²) < 4.78 is 13.5. The fourth-order valence-electron chi connectivity index (χ4n) is 1.39. The summed E-state index contributed by atoms with van der Waals surface area (Å²) in [6.07, 6.45) is 1.14. The molecule has 1 amide bonds. The maximum atomic E-state index is 13.5. The van der Waals surface area contributed by atoms with E-state index in [9.17, 15) is 18.8 Å². The summed E-state index contributed by atoms with van der Waals surface area (Å²) in [5.41, 5.74) is -1.04. The third-order valence-corrected chi connectivity index (χ3v) is 2.30. The molecule has 98 valence electrons. The number of halogens is 1. The zero-order valence-electron chi connectivity index (χ0n) is 9.36. The highest BCUT2D eigenvalue weighted by Gasteiger charge is 2.13. The van der Waals surface area contributed by atoms with Crippen LogP contribution in [0, 0.1) is 5.82 Å². The standard InChI is InChI=1S/C11H8FN3O4/c12-6-3-5(10(17)18)1-2-7(6)14-9(16)8-4-13-11(19)15-8/h1-4H,(H,14,16)(H,17,18)(H2,13,15,19). The second-order valence-electron chi connectivity index (χ2n) is 3.61. The summed E-state index contributed by atoms with van der Waals surface area (Å²) >= 11 is 0. The molecule has 0 bridgehead atoms. The van der Waals surface area contributed by atoms with E-state index < -0.39 is 23.4 Å². The molecule has 1 aromatic carbocycles. The van der Waals surface area contributed by atoms with Crippen LogP contribution in [-0.2, 0) is 0 Å². The Morgan fingerprint density at radius 1 is 1.32 bits per heavy atom. The minimum Gasteiger partial charge on any atom is -0.478 e. The van der Waals surface area contributed by atoms with Gasteiger partial charge in [0.05, 0.1) is 11.3 Å². The SMILES string of the molecule is O=C(O)c1ccc(NC(=O)c2c[nH]c(=O)[nH]2)c(F)c1. The highest BCUT2D eigenvalue weighted by atomic mass is 19.1. The van der Waals surface area contributed by atoms with Gasteiger partial charge in [-0.2, -0.15) is 0 Å². The summed E-state index contributed by atoms with van der Waals surface area (Å²) in [5.74, 6) is -2.88. The molecular formula is C11H8FN3O4. The molecule has 1 aromatic heterocycles. The number of aromatic nitrogens is 2. The molecule has 0 saturated carbocycles. The van der Waals surface area contributed by atoms with Crippen molar-refractivity contribution in [2.45, 2.75) is 0 Å². The van der Waals surface area contributed by atoms with Crippen LogP contribution in [-0.4, -0.2) is 27.0 Å². The molecule has 0 fully saturated rings. The lowest BCUT2D eigenvalue weighted by atomic mass is 10.2. The van der Waals surface area contributed by atoms with Gasteiger partial charge in [0.2, 0.25) is 0 Å². The van der Waals surface area contributed by atoms with Gasteiger partial charge in [0.15, 0.2) is 0 Å². The normalized spacial score (nSPS) is 10.2. The van der Waals surface area contributed by atoms with Crippen LogP contribution >= 0.6 is 0 Å². The van der Waals surface area contributed by atoms with Gasteiger partial charge in [0.25, 0.3) is 5.91 Å². The molecule has 0 atom stereocenters. The Kier molecular flexibility index (Phi) is 3.15. The number of hydrogen-bond acceptors (Lipinski definition) is 3. The van der Waals surface area contributed by atoms with Crippen LogP contribution in [0.3, 0.4) is 0 Å². The quantitative estimate of drug-likeness (QED) is 0.656. The minimum absolute atomic E-state index is 0.0632. The number of rotatable bonds is 3. The monoisotopic (exact) mass is 265 g/mol. The van der Waals surface area contributed by atoms with E-state index in [2.05, 4.69) is 15.3 Å². The highest BCUT2D eigenvalue weighted by Crippen LogP contribution is 2.16. The zero-order valence-corrected chi connectivity index (χ0v) is 9.36. The second kappa shape index (κ2) is 4.77. The minimum atomic E-state index is -1.27. The molecule has 0 spiro atoms. The molecule has 8 heteroatoms. The number of imidazole rings is 1. The lowest BCUT2D eigenvalue weighted by molar-refractivity contribution is 0.0696. The van der Waals surface area contributed by atoms with Gasteiger partial charge >= 0.3 is 11.7 Å². The predicted molar refractivity (Wildman–Crippen MR) is 62.7 cm³/mol. The number of amides is 1. The molecule has 0 saturated heterocycles. The van der Waals surface area contributed by atoms with E-state index in [0.29, 0.717) is 0 Å². The van der Waals surface area contributed by atoms with Crippen LogP contribution < -0.4 is 11.0 Å². The van der Waals surface area contributed by atoms with Gasteiger partial charge in [-0.3, -0.25) is 4.79 Å². The molecule has 0 radical (unpaired) electrons. The second-order valence-corrected chi connectivity index (χ2v) is 3.61. The molecule has 0 aliphatic rings. The molecule has 0 aliphatic heterocycles.